The maximum Gasteiger partial charge on any atom is 0.223 e. The number of fused-ring (bicyclic) bond motifs is 1. The van der Waals surface area contributed by atoms with Gasteiger partial charge in [-0.3, -0.25) is 4.79 Å². The van der Waals surface area contributed by atoms with E-state index in [4.69, 9.17) is 0 Å². The first-order valence-corrected chi connectivity index (χ1v) is 9.38. The second kappa shape index (κ2) is 8.27. The number of nitrogens with one attached hydrogen (secondary N) is 2. The lowest BCUT2D eigenvalue weighted by atomic mass is 9.95. The third-order valence-electron chi connectivity index (χ3n) is 5.00. The van der Waals surface area contributed by atoms with Crippen molar-refractivity contribution in [2.45, 2.75) is 58.4 Å². The summed E-state index contributed by atoms with van der Waals surface area (Å²) < 4.78 is 0. The monoisotopic (exact) mass is 344 g/mol. The van der Waals surface area contributed by atoms with Gasteiger partial charge >= 0.3 is 0 Å². The Morgan fingerprint density at radius 3 is 2.88 bits per heavy atom. The number of piperidine rings is 1. The van der Waals surface area contributed by atoms with E-state index in [2.05, 4.69) is 44.0 Å². The summed E-state index contributed by atoms with van der Waals surface area (Å²) in [7, 11) is 0. The largest absolute Gasteiger partial charge is 0.355 e. The normalized spacial score (nSPS) is 17.0. The van der Waals surface area contributed by atoms with E-state index >= 15 is 0 Å². The summed E-state index contributed by atoms with van der Waals surface area (Å²) in [4.78, 5) is 30.6. The fraction of sp³-hybridized carbons (Fsp3) is 0.667. The van der Waals surface area contributed by atoms with Crippen molar-refractivity contribution in [3.05, 3.63) is 12.7 Å². The third kappa shape index (κ3) is 4.27. The van der Waals surface area contributed by atoms with Gasteiger partial charge in [0.15, 0.2) is 11.5 Å². The molecule has 0 radical (unpaired) electrons. The van der Waals surface area contributed by atoms with Gasteiger partial charge in [0, 0.05) is 25.0 Å². The number of aromatic nitrogens is 4. The number of hydrogen-bond acceptors (Lipinski definition) is 5. The fourth-order valence-corrected chi connectivity index (χ4v) is 3.48. The molecule has 7 nitrogen and oxygen atoms in total. The van der Waals surface area contributed by atoms with Crippen molar-refractivity contribution in [2.75, 3.05) is 18.0 Å². The summed E-state index contributed by atoms with van der Waals surface area (Å²) in [5, 5.41) is 3.19. The van der Waals surface area contributed by atoms with Gasteiger partial charge in [-0.2, -0.15) is 0 Å². The van der Waals surface area contributed by atoms with Crippen LogP contribution in [0.4, 0.5) is 5.82 Å². The summed E-state index contributed by atoms with van der Waals surface area (Å²) in [5.41, 5.74) is 1.56. The molecular weight excluding hydrogens is 316 g/mol. The van der Waals surface area contributed by atoms with Crippen molar-refractivity contribution in [3.63, 3.8) is 0 Å². The summed E-state index contributed by atoms with van der Waals surface area (Å²) >= 11 is 0. The number of carbonyl (C=O) groups is 1. The van der Waals surface area contributed by atoms with Gasteiger partial charge in [-0.25, -0.2) is 15.0 Å². The van der Waals surface area contributed by atoms with E-state index in [0.29, 0.717) is 5.65 Å². The number of carbonyl (C=O) groups excluding carboxylic acids is 1. The predicted octanol–water partition coefficient (Wildman–Crippen LogP) is 2.65. The molecule has 0 unspecified atom stereocenters. The zero-order chi connectivity index (χ0) is 17.6. The highest BCUT2D eigenvalue weighted by Crippen LogP contribution is 2.25. The average molecular weight is 344 g/mol. The van der Waals surface area contributed by atoms with Gasteiger partial charge in [0.2, 0.25) is 5.91 Å². The number of unbranched alkanes of at least 4 members (excludes halogenated alkanes) is 2. The van der Waals surface area contributed by atoms with E-state index < -0.39 is 0 Å². The quantitative estimate of drug-likeness (QED) is 0.754. The number of rotatable bonds is 7. The van der Waals surface area contributed by atoms with Gasteiger partial charge in [-0.15, -0.1) is 0 Å². The molecule has 1 aliphatic heterocycles. The van der Waals surface area contributed by atoms with Crippen LogP contribution in [-0.2, 0) is 4.79 Å². The maximum atomic E-state index is 12.5. The number of hydrogen-bond donors (Lipinski definition) is 2. The molecule has 2 aromatic rings. The molecule has 1 fully saturated rings. The minimum absolute atomic E-state index is 0.101. The van der Waals surface area contributed by atoms with Crippen LogP contribution in [-0.4, -0.2) is 45.0 Å². The van der Waals surface area contributed by atoms with Crippen molar-refractivity contribution in [1.82, 2.24) is 25.3 Å². The lowest BCUT2D eigenvalue weighted by Crippen LogP contribution is -2.43. The number of H-pyrrole nitrogens is 1. The summed E-state index contributed by atoms with van der Waals surface area (Å²) in [6, 6.07) is 0.267. The zero-order valence-electron chi connectivity index (χ0n) is 15.2. The number of anilines is 1. The molecule has 0 saturated carbocycles. The minimum Gasteiger partial charge on any atom is -0.355 e. The highest BCUT2D eigenvalue weighted by molar-refractivity contribution is 5.83. The van der Waals surface area contributed by atoms with Crippen LogP contribution in [0.5, 0.6) is 0 Å². The SMILES string of the molecule is CCCCC[C@H](C)NC(=O)C1CCN(c2ncnc3nc[nH]c23)CC1. The molecule has 25 heavy (non-hydrogen) atoms. The second-order valence-corrected chi connectivity index (χ2v) is 6.97. The van der Waals surface area contributed by atoms with Crippen LogP contribution >= 0.6 is 0 Å². The third-order valence-corrected chi connectivity index (χ3v) is 5.00. The topological polar surface area (TPSA) is 86.8 Å². The van der Waals surface area contributed by atoms with E-state index in [1.807, 2.05) is 0 Å². The van der Waals surface area contributed by atoms with Crippen LogP contribution in [0.2, 0.25) is 0 Å². The zero-order valence-corrected chi connectivity index (χ0v) is 15.2. The summed E-state index contributed by atoms with van der Waals surface area (Å²) in [5.74, 6) is 1.19. The van der Waals surface area contributed by atoms with Crippen LogP contribution in [0.15, 0.2) is 12.7 Å². The fourth-order valence-electron chi connectivity index (χ4n) is 3.48. The first-order valence-electron chi connectivity index (χ1n) is 9.38. The van der Waals surface area contributed by atoms with Crippen molar-refractivity contribution in [3.8, 4) is 0 Å². The van der Waals surface area contributed by atoms with Crippen molar-refractivity contribution in [2.24, 2.45) is 5.92 Å². The van der Waals surface area contributed by atoms with E-state index in [9.17, 15) is 4.79 Å². The number of aromatic amines is 1. The van der Waals surface area contributed by atoms with Crippen LogP contribution in [0.25, 0.3) is 11.2 Å². The molecule has 0 aromatic carbocycles. The van der Waals surface area contributed by atoms with Gasteiger partial charge in [-0.05, 0) is 26.2 Å². The smallest absolute Gasteiger partial charge is 0.223 e. The highest BCUT2D eigenvalue weighted by atomic mass is 16.1. The lowest BCUT2D eigenvalue weighted by Gasteiger charge is -2.32. The van der Waals surface area contributed by atoms with Crippen LogP contribution in [0.1, 0.15) is 52.4 Å². The molecule has 0 bridgehead atoms. The Balaban J connectivity index is 1.51. The van der Waals surface area contributed by atoms with Gasteiger partial charge < -0.3 is 15.2 Å². The molecular formula is C18H28N6O. The van der Waals surface area contributed by atoms with Crippen molar-refractivity contribution >= 4 is 22.9 Å². The molecule has 136 valence electrons. The molecule has 2 aromatic heterocycles. The van der Waals surface area contributed by atoms with Crippen LogP contribution in [0, 0.1) is 5.92 Å². The predicted molar refractivity (Wildman–Crippen MR) is 98.4 cm³/mol. The van der Waals surface area contributed by atoms with Gasteiger partial charge in [0.25, 0.3) is 0 Å². The highest BCUT2D eigenvalue weighted by Gasteiger charge is 2.27. The Labute approximate surface area is 148 Å². The number of amides is 1. The Bertz CT molecular complexity index is 692. The molecule has 2 N–H and O–H groups in total. The Hall–Kier alpha value is -2.18. The van der Waals surface area contributed by atoms with Crippen molar-refractivity contribution < 1.29 is 4.79 Å². The van der Waals surface area contributed by atoms with E-state index in [-0.39, 0.29) is 17.9 Å². The molecule has 7 heteroatoms. The molecule has 1 amide bonds. The van der Waals surface area contributed by atoms with Gasteiger partial charge in [0.05, 0.1) is 6.33 Å². The van der Waals surface area contributed by atoms with E-state index in [1.165, 1.54) is 19.3 Å². The van der Waals surface area contributed by atoms with Crippen LogP contribution in [0.3, 0.4) is 0 Å². The maximum absolute atomic E-state index is 12.5. The van der Waals surface area contributed by atoms with E-state index in [0.717, 1.165) is 43.7 Å². The molecule has 1 saturated heterocycles. The average Bonchev–Trinajstić information content (AvgIpc) is 3.11. The Kier molecular flexibility index (Phi) is 5.83. The molecule has 3 heterocycles. The minimum atomic E-state index is 0.101. The molecule has 1 atom stereocenters. The molecule has 0 aliphatic carbocycles. The van der Waals surface area contributed by atoms with Gasteiger partial charge in [-0.1, -0.05) is 26.2 Å². The number of imidazole rings is 1. The summed E-state index contributed by atoms with van der Waals surface area (Å²) in [6.07, 6.45) is 9.60. The Morgan fingerprint density at radius 2 is 2.12 bits per heavy atom. The first kappa shape index (κ1) is 17.6. The van der Waals surface area contributed by atoms with Crippen LogP contribution < -0.4 is 10.2 Å². The van der Waals surface area contributed by atoms with Gasteiger partial charge in [0.1, 0.15) is 11.8 Å². The Morgan fingerprint density at radius 1 is 1.32 bits per heavy atom. The second-order valence-electron chi connectivity index (χ2n) is 6.97. The molecule has 3 rings (SSSR count). The lowest BCUT2D eigenvalue weighted by molar-refractivity contribution is -0.126. The first-order chi connectivity index (χ1) is 12.2. The van der Waals surface area contributed by atoms with E-state index in [1.54, 1.807) is 12.7 Å². The standard InChI is InChI=1S/C18H28N6O/c1-3-4-5-6-13(2)23-18(25)14-7-9-24(10-8-14)17-15-16(20-11-19-15)21-12-22-17/h11-14H,3-10H2,1-2H3,(H,23,25)(H,19,20,21,22)/t13-/m0/s1. The molecule has 0 spiro atoms. The number of nitrogens with zero attached hydrogens (tertiary/aromatic N) is 4. The van der Waals surface area contributed by atoms with Crippen molar-refractivity contribution in [1.29, 1.82) is 0 Å². The molecule has 1 aliphatic rings. The summed E-state index contributed by atoms with van der Waals surface area (Å²) in [6.45, 7) is 5.96.